The zero-order valence-corrected chi connectivity index (χ0v) is 17.1. The molecule has 0 saturated heterocycles. The lowest BCUT2D eigenvalue weighted by molar-refractivity contribution is -0.384. The number of nitrogens with zero attached hydrogens (tertiary/aromatic N) is 3. The standard InChI is InChI=1S/C21H16N4O5S/c1-13-18(10-11-29-13)20-23-24-21(30-20)31-12-19(26)22-16-6-2-14(3-7-16)15-4-8-17(9-5-15)25(27)28/h2-11H,12H2,1H3,(H,22,26). The zero-order valence-electron chi connectivity index (χ0n) is 16.3. The summed E-state index contributed by atoms with van der Waals surface area (Å²) in [5.41, 5.74) is 3.13. The minimum absolute atomic E-state index is 0.0402. The summed E-state index contributed by atoms with van der Waals surface area (Å²) in [5, 5.41) is 21.8. The molecule has 0 bridgehead atoms. The Balaban J connectivity index is 1.32. The van der Waals surface area contributed by atoms with Crippen molar-refractivity contribution in [3.63, 3.8) is 0 Å². The zero-order chi connectivity index (χ0) is 21.8. The van der Waals surface area contributed by atoms with Crippen LogP contribution in [0.3, 0.4) is 0 Å². The molecule has 0 aliphatic heterocycles. The van der Waals surface area contributed by atoms with E-state index in [0.717, 1.165) is 28.5 Å². The maximum Gasteiger partial charge on any atom is 0.277 e. The molecule has 0 saturated carbocycles. The number of hydrogen-bond acceptors (Lipinski definition) is 8. The lowest BCUT2D eigenvalue weighted by atomic mass is 10.1. The van der Waals surface area contributed by atoms with Crippen LogP contribution in [0, 0.1) is 17.0 Å². The molecule has 1 amide bonds. The Morgan fingerprint density at radius 1 is 1.06 bits per heavy atom. The number of furan rings is 1. The van der Waals surface area contributed by atoms with Gasteiger partial charge in [0.25, 0.3) is 16.8 Å². The minimum atomic E-state index is -0.436. The summed E-state index contributed by atoms with van der Waals surface area (Å²) in [4.78, 5) is 22.5. The summed E-state index contributed by atoms with van der Waals surface area (Å²) in [5.74, 6) is 0.911. The monoisotopic (exact) mass is 436 g/mol. The van der Waals surface area contributed by atoms with Gasteiger partial charge < -0.3 is 14.2 Å². The summed E-state index contributed by atoms with van der Waals surface area (Å²) in [6, 6.07) is 15.2. The summed E-state index contributed by atoms with van der Waals surface area (Å²) in [7, 11) is 0. The van der Waals surface area contributed by atoms with Gasteiger partial charge in [0.15, 0.2) is 0 Å². The van der Waals surface area contributed by atoms with Crippen molar-refractivity contribution in [2.75, 3.05) is 11.1 Å². The van der Waals surface area contributed by atoms with Gasteiger partial charge in [-0.25, -0.2) is 0 Å². The van der Waals surface area contributed by atoms with Crippen LogP contribution in [0.2, 0.25) is 0 Å². The molecule has 156 valence electrons. The highest BCUT2D eigenvalue weighted by atomic mass is 32.2. The van der Waals surface area contributed by atoms with Crippen LogP contribution in [0.25, 0.3) is 22.6 Å². The van der Waals surface area contributed by atoms with Crippen LogP contribution in [0.5, 0.6) is 0 Å². The van der Waals surface area contributed by atoms with Gasteiger partial charge >= 0.3 is 0 Å². The maximum atomic E-state index is 12.2. The van der Waals surface area contributed by atoms with Gasteiger partial charge in [-0.05, 0) is 48.4 Å². The Hall–Kier alpha value is -3.92. The molecule has 0 aliphatic rings. The second-order valence-electron chi connectivity index (χ2n) is 6.48. The average Bonchev–Trinajstić information content (AvgIpc) is 3.41. The van der Waals surface area contributed by atoms with E-state index in [1.54, 1.807) is 43.5 Å². The predicted molar refractivity (Wildman–Crippen MR) is 115 cm³/mol. The minimum Gasteiger partial charge on any atom is -0.469 e. The van der Waals surface area contributed by atoms with Crippen LogP contribution in [-0.2, 0) is 4.79 Å². The smallest absolute Gasteiger partial charge is 0.277 e. The van der Waals surface area contributed by atoms with E-state index in [1.807, 2.05) is 12.1 Å². The topological polar surface area (TPSA) is 124 Å². The SMILES string of the molecule is Cc1occc1-c1nnc(SCC(=O)Nc2ccc(-c3ccc([N+](=O)[O-])cc3)cc2)o1. The van der Waals surface area contributed by atoms with Crippen molar-refractivity contribution in [3.05, 3.63) is 76.7 Å². The van der Waals surface area contributed by atoms with Crippen LogP contribution < -0.4 is 5.32 Å². The molecule has 0 atom stereocenters. The van der Waals surface area contributed by atoms with E-state index >= 15 is 0 Å². The van der Waals surface area contributed by atoms with E-state index in [-0.39, 0.29) is 17.3 Å². The lowest BCUT2D eigenvalue weighted by Gasteiger charge is -2.06. The summed E-state index contributed by atoms with van der Waals surface area (Å²) >= 11 is 1.14. The van der Waals surface area contributed by atoms with Crippen molar-refractivity contribution in [2.24, 2.45) is 0 Å². The number of carbonyl (C=O) groups is 1. The highest BCUT2D eigenvalue weighted by Gasteiger charge is 2.14. The highest BCUT2D eigenvalue weighted by Crippen LogP contribution is 2.27. The third-order valence-corrected chi connectivity index (χ3v) is 5.22. The van der Waals surface area contributed by atoms with E-state index in [9.17, 15) is 14.9 Å². The molecule has 0 spiro atoms. The fourth-order valence-corrected chi connectivity index (χ4v) is 3.39. The first-order chi connectivity index (χ1) is 15.0. The number of nitro benzene ring substituents is 1. The Morgan fingerprint density at radius 3 is 2.35 bits per heavy atom. The number of nitro groups is 1. The van der Waals surface area contributed by atoms with Gasteiger partial charge in [0.05, 0.1) is 22.5 Å². The van der Waals surface area contributed by atoms with Crippen molar-refractivity contribution in [1.82, 2.24) is 10.2 Å². The predicted octanol–water partition coefficient (Wildman–Crippen LogP) is 4.94. The fraction of sp³-hybridized carbons (Fsp3) is 0.0952. The first kappa shape index (κ1) is 20.4. The van der Waals surface area contributed by atoms with Crippen molar-refractivity contribution >= 4 is 29.0 Å². The first-order valence-corrected chi connectivity index (χ1v) is 10.1. The second-order valence-corrected chi connectivity index (χ2v) is 7.41. The number of amides is 1. The van der Waals surface area contributed by atoms with Crippen LogP contribution >= 0.6 is 11.8 Å². The molecular formula is C21H16N4O5S. The van der Waals surface area contributed by atoms with Gasteiger partial charge in [-0.1, -0.05) is 23.9 Å². The van der Waals surface area contributed by atoms with E-state index in [0.29, 0.717) is 22.6 Å². The molecule has 9 nitrogen and oxygen atoms in total. The Kier molecular flexibility index (Phi) is 5.80. The summed E-state index contributed by atoms with van der Waals surface area (Å²) in [6.45, 7) is 1.80. The molecule has 0 unspecified atom stereocenters. The van der Waals surface area contributed by atoms with Crippen LogP contribution in [-0.4, -0.2) is 26.8 Å². The molecule has 2 aromatic heterocycles. The van der Waals surface area contributed by atoms with Crippen molar-refractivity contribution in [2.45, 2.75) is 12.1 Å². The van der Waals surface area contributed by atoms with E-state index in [2.05, 4.69) is 15.5 Å². The highest BCUT2D eigenvalue weighted by molar-refractivity contribution is 7.99. The largest absolute Gasteiger partial charge is 0.469 e. The molecule has 2 heterocycles. The number of non-ortho nitro benzene ring substituents is 1. The first-order valence-electron chi connectivity index (χ1n) is 9.15. The number of carbonyl (C=O) groups excluding carboxylic acids is 1. The molecule has 1 N–H and O–H groups in total. The molecule has 4 rings (SSSR count). The van der Waals surface area contributed by atoms with E-state index in [4.69, 9.17) is 8.83 Å². The quantitative estimate of drug-likeness (QED) is 0.245. The van der Waals surface area contributed by atoms with E-state index < -0.39 is 4.92 Å². The lowest BCUT2D eigenvalue weighted by Crippen LogP contribution is -2.13. The number of nitrogens with one attached hydrogen (secondary N) is 1. The third kappa shape index (κ3) is 4.81. The van der Waals surface area contributed by atoms with Gasteiger partial charge in [0.1, 0.15) is 5.76 Å². The number of aromatic nitrogens is 2. The molecular weight excluding hydrogens is 420 g/mol. The fourth-order valence-electron chi connectivity index (χ4n) is 2.83. The normalized spacial score (nSPS) is 10.7. The van der Waals surface area contributed by atoms with Crippen molar-refractivity contribution in [3.8, 4) is 22.6 Å². The van der Waals surface area contributed by atoms with Gasteiger partial charge in [-0.3, -0.25) is 14.9 Å². The average molecular weight is 436 g/mol. The van der Waals surface area contributed by atoms with Crippen molar-refractivity contribution in [1.29, 1.82) is 0 Å². The summed E-state index contributed by atoms with van der Waals surface area (Å²) < 4.78 is 10.8. The van der Waals surface area contributed by atoms with Gasteiger partial charge in [-0.15, -0.1) is 10.2 Å². The number of rotatable bonds is 7. The third-order valence-electron chi connectivity index (χ3n) is 4.40. The maximum absolute atomic E-state index is 12.2. The molecule has 10 heteroatoms. The number of hydrogen-bond donors (Lipinski definition) is 1. The Bertz CT molecular complexity index is 1220. The molecule has 0 aliphatic carbocycles. The Morgan fingerprint density at radius 2 is 1.74 bits per heavy atom. The molecule has 31 heavy (non-hydrogen) atoms. The van der Waals surface area contributed by atoms with E-state index in [1.165, 1.54) is 12.1 Å². The number of benzene rings is 2. The van der Waals surface area contributed by atoms with Gasteiger partial charge in [0, 0.05) is 17.8 Å². The van der Waals surface area contributed by atoms with Gasteiger partial charge in [-0.2, -0.15) is 0 Å². The van der Waals surface area contributed by atoms with Crippen LogP contribution in [0.1, 0.15) is 5.76 Å². The number of thioether (sulfide) groups is 1. The molecule has 0 fully saturated rings. The second kappa shape index (κ2) is 8.84. The van der Waals surface area contributed by atoms with Crippen LogP contribution in [0.15, 0.2) is 74.9 Å². The van der Waals surface area contributed by atoms with Crippen LogP contribution in [0.4, 0.5) is 11.4 Å². The molecule has 0 radical (unpaired) electrons. The van der Waals surface area contributed by atoms with Gasteiger partial charge in [0.2, 0.25) is 5.91 Å². The van der Waals surface area contributed by atoms with Crippen molar-refractivity contribution < 1.29 is 18.6 Å². The Labute approximate surface area is 180 Å². The molecule has 4 aromatic rings. The molecule has 2 aromatic carbocycles. The number of anilines is 1. The number of aryl methyl sites for hydroxylation is 1. The summed E-state index contributed by atoms with van der Waals surface area (Å²) in [6.07, 6.45) is 1.54.